The molecule has 0 saturated carbocycles. The van der Waals surface area contributed by atoms with Crippen LogP contribution in [0.5, 0.6) is 0 Å². The van der Waals surface area contributed by atoms with Crippen LogP contribution in [-0.2, 0) is 9.53 Å². The molecule has 0 N–H and O–H groups in total. The maximum Gasteiger partial charge on any atom is 0.251 e. The number of ether oxygens (including phenoxy) is 1. The minimum atomic E-state index is -0.131. The fourth-order valence-corrected chi connectivity index (χ4v) is 3.82. The summed E-state index contributed by atoms with van der Waals surface area (Å²) in [6.07, 6.45) is 8.34. The molecule has 3 fully saturated rings. The Hall–Kier alpha value is -0.610. The lowest BCUT2D eigenvalue weighted by Crippen LogP contribution is -2.45. The third-order valence-corrected chi connectivity index (χ3v) is 5.10. The van der Waals surface area contributed by atoms with Gasteiger partial charge in [-0.25, -0.2) is 0 Å². The molecule has 20 heavy (non-hydrogen) atoms. The van der Waals surface area contributed by atoms with Crippen LogP contribution in [0.4, 0.5) is 0 Å². The lowest BCUT2D eigenvalue weighted by molar-refractivity contribution is -0.142. The van der Waals surface area contributed by atoms with Gasteiger partial charge in [-0.3, -0.25) is 4.79 Å². The number of hydrogen-bond acceptors (Lipinski definition) is 3. The molecule has 1 atom stereocenters. The zero-order valence-electron chi connectivity index (χ0n) is 12.6. The van der Waals surface area contributed by atoms with Crippen LogP contribution in [-0.4, -0.2) is 61.1 Å². The molecule has 3 saturated heterocycles. The van der Waals surface area contributed by atoms with E-state index in [2.05, 4.69) is 4.90 Å². The van der Waals surface area contributed by atoms with Gasteiger partial charge in [-0.2, -0.15) is 0 Å². The number of likely N-dealkylation sites (tertiary alicyclic amines) is 2. The fraction of sp³-hybridized carbons (Fsp3) is 0.938. The number of hydrogen-bond donors (Lipinski definition) is 0. The van der Waals surface area contributed by atoms with Crippen LogP contribution in [0.1, 0.15) is 44.9 Å². The molecule has 1 unspecified atom stereocenters. The first-order valence-electron chi connectivity index (χ1n) is 8.45. The van der Waals surface area contributed by atoms with E-state index in [0.717, 1.165) is 38.5 Å². The summed E-state index contributed by atoms with van der Waals surface area (Å²) in [5.41, 5.74) is 0. The van der Waals surface area contributed by atoms with Crippen molar-refractivity contribution < 1.29 is 9.53 Å². The van der Waals surface area contributed by atoms with Gasteiger partial charge < -0.3 is 14.5 Å². The van der Waals surface area contributed by atoms with Crippen LogP contribution in [0.2, 0.25) is 0 Å². The van der Waals surface area contributed by atoms with Crippen molar-refractivity contribution in [3.63, 3.8) is 0 Å². The summed E-state index contributed by atoms with van der Waals surface area (Å²) in [5.74, 6) is 1.04. The topological polar surface area (TPSA) is 32.8 Å². The second-order valence-corrected chi connectivity index (χ2v) is 6.63. The molecule has 4 heteroatoms. The van der Waals surface area contributed by atoms with Gasteiger partial charge in [0, 0.05) is 26.2 Å². The van der Waals surface area contributed by atoms with Crippen molar-refractivity contribution in [1.82, 2.24) is 9.80 Å². The molecular formula is C16H28N2O2. The molecule has 0 aromatic carbocycles. The van der Waals surface area contributed by atoms with Crippen LogP contribution < -0.4 is 0 Å². The Morgan fingerprint density at radius 2 is 1.70 bits per heavy atom. The van der Waals surface area contributed by atoms with E-state index in [1.807, 2.05) is 4.90 Å². The normalized spacial score (nSPS) is 29.8. The number of nitrogens with zero attached hydrogens (tertiary/aromatic N) is 2. The number of rotatable bonds is 3. The molecule has 0 bridgehead atoms. The summed E-state index contributed by atoms with van der Waals surface area (Å²) >= 11 is 0. The highest BCUT2D eigenvalue weighted by Crippen LogP contribution is 2.23. The molecule has 3 heterocycles. The van der Waals surface area contributed by atoms with Crippen LogP contribution in [0, 0.1) is 5.92 Å². The van der Waals surface area contributed by atoms with Gasteiger partial charge in [-0.05, 0) is 57.5 Å². The first-order valence-corrected chi connectivity index (χ1v) is 8.45. The average molecular weight is 280 g/mol. The first-order chi connectivity index (χ1) is 9.83. The van der Waals surface area contributed by atoms with E-state index in [1.54, 1.807) is 0 Å². The summed E-state index contributed by atoms with van der Waals surface area (Å²) in [6, 6.07) is 0. The van der Waals surface area contributed by atoms with Crippen molar-refractivity contribution in [2.75, 3.05) is 39.3 Å². The Bertz CT molecular complexity index is 314. The highest BCUT2D eigenvalue weighted by atomic mass is 16.5. The predicted molar refractivity (Wildman–Crippen MR) is 78.6 cm³/mol. The molecule has 0 aromatic heterocycles. The Morgan fingerprint density at radius 3 is 2.35 bits per heavy atom. The van der Waals surface area contributed by atoms with Gasteiger partial charge in [0.1, 0.15) is 6.10 Å². The lowest BCUT2D eigenvalue weighted by Gasteiger charge is -2.36. The predicted octanol–water partition coefficient (Wildman–Crippen LogP) is 1.89. The minimum absolute atomic E-state index is 0.131. The number of carbonyl (C=O) groups excluding carboxylic acids is 1. The van der Waals surface area contributed by atoms with Crippen molar-refractivity contribution in [2.24, 2.45) is 5.92 Å². The molecule has 0 spiro atoms. The average Bonchev–Trinajstić information content (AvgIpc) is 3.03. The minimum Gasteiger partial charge on any atom is -0.368 e. The summed E-state index contributed by atoms with van der Waals surface area (Å²) in [5, 5.41) is 0. The molecule has 0 aliphatic carbocycles. The molecule has 3 rings (SSSR count). The van der Waals surface area contributed by atoms with E-state index in [1.165, 1.54) is 51.7 Å². The zero-order chi connectivity index (χ0) is 13.8. The third kappa shape index (κ3) is 3.53. The highest BCUT2D eigenvalue weighted by Gasteiger charge is 2.31. The largest absolute Gasteiger partial charge is 0.368 e. The van der Waals surface area contributed by atoms with E-state index in [0.29, 0.717) is 0 Å². The standard InChI is InChI=1S/C16H28N2O2/c19-16(15-5-4-12-20-15)18-10-6-14(7-11-18)13-17-8-2-1-3-9-17/h14-15H,1-13H2. The van der Waals surface area contributed by atoms with E-state index >= 15 is 0 Å². The lowest BCUT2D eigenvalue weighted by atomic mass is 9.95. The zero-order valence-corrected chi connectivity index (χ0v) is 12.6. The maximum atomic E-state index is 12.3. The molecule has 3 aliphatic heterocycles. The Labute approximate surface area is 122 Å². The number of amides is 1. The smallest absolute Gasteiger partial charge is 0.251 e. The van der Waals surface area contributed by atoms with Gasteiger partial charge in [0.25, 0.3) is 5.91 Å². The van der Waals surface area contributed by atoms with Crippen molar-refractivity contribution in [1.29, 1.82) is 0 Å². The Balaban J connectivity index is 1.40. The Kier molecular flexibility index (Phi) is 4.94. The number of piperidine rings is 2. The molecule has 4 nitrogen and oxygen atoms in total. The second kappa shape index (κ2) is 6.90. The molecular weight excluding hydrogens is 252 g/mol. The summed E-state index contributed by atoms with van der Waals surface area (Å²) in [4.78, 5) is 17.0. The van der Waals surface area contributed by atoms with Gasteiger partial charge in [-0.15, -0.1) is 0 Å². The summed E-state index contributed by atoms with van der Waals surface area (Å²) in [6.45, 7) is 6.47. The molecule has 0 aromatic rings. The monoisotopic (exact) mass is 280 g/mol. The fourth-order valence-electron chi connectivity index (χ4n) is 3.82. The molecule has 1 amide bonds. The third-order valence-electron chi connectivity index (χ3n) is 5.10. The molecule has 0 radical (unpaired) electrons. The van der Waals surface area contributed by atoms with Gasteiger partial charge in [0.15, 0.2) is 0 Å². The highest BCUT2D eigenvalue weighted by molar-refractivity contribution is 5.81. The quantitative estimate of drug-likeness (QED) is 0.791. The van der Waals surface area contributed by atoms with E-state index < -0.39 is 0 Å². The Morgan fingerprint density at radius 1 is 0.950 bits per heavy atom. The van der Waals surface area contributed by atoms with Crippen molar-refractivity contribution in [3.8, 4) is 0 Å². The van der Waals surface area contributed by atoms with Crippen molar-refractivity contribution in [3.05, 3.63) is 0 Å². The summed E-state index contributed by atoms with van der Waals surface area (Å²) in [7, 11) is 0. The second-order valence-electron chi connectivity index (χ2n) is 6.63. The maximum absolute atomic E-state index is 12.3. The molecule has 114 valence electrons. The van der Waals surface area contributed by atoms with Crippen LogP contribution >= 0.6 is 0 Å². The SMILES string of the molecule is O=C(C1CCCO1)N1CCC(CN2CCCCC2)CC1. The first kappa shape index (κ1) is 14.3. The van der Waals surface area contributed by atoms with Gasteiger partial charge in [0.05, 0.1) is 0 Å². The summed E-state index contributed by atoms with van der Waals surface area (Å²) < 4.78 is 5.52. The van der Waals surface area contributed by atoms with Gasteiger partial charge in [-0.1, -0.05) is 6.42 Å². The van der Waals surface area contributed by atoms with E-state index in [-0.39, 0.29) is 12.0 Å². The molecule has 3 aliphatic rings. The number of carbonyl (C=O) groups is 1. The van der Waals surface area contributed by atoms with E-state index in [4.69, 9.17) is 4.74 Å². The van der Waals surface area contributed by atoms with Gasteiger partial charge >= 0.3 is 0 Å². The van der Waals surface area contributed by atoms with E-state index in [9.17, 15) is 4.79 Å². The van der Waals surface area contributed by atoms with Gasteiger partial charge in [0.2, 0.25) is 0 Å². The van der Waals surface area contributed by atoms with Crippen LogP contribution in [0.3, 0.4) is 0 Å². The van der Waals surface area contributed by atoms with Crippen LogP contribution in [0.15, 0.2) is 0 Å². The van der Waals surface area contributed by atoms with Crippen molar-refractivity contribution >= 4 is 5.91 Å². The van der Waals surface area contributed by atoms with Crippen LogP contribution in [0.25, 0.3) is 0 Å². The van der Waals surface area contributed by atoms with Crippen molar-refractivity contribution in [2.45, 2.75) is 51.0 Å².